The van der Waals surface area contributed by atoms with Gasteiger partial charge in [0.25, 0.3) is 0 Å². The molecule has 1 aromatic carbocycles. The predicted molar refractivity (Wildman–Crippen MR) is 89.6 cm³/mol. The molecule has 0 radical (unpaired) electrons. The molecule has 3 aromatic rings. The van der Waals surface area contributed by atoms with Crippen molar-refractivity contribution < 1.29 is 4.79 Å². The maximum Gasteiger partial charge on any atom is 0.189 e. The number of rotatable bonds is 4. The Morgan fingerprint density at radius 2 is 1.91 bits per heavy atom. The zero-order valence-electron chi connectivity index (χ0n) is 13.4. The number of carbonyl (C=O) groups excluding carboxylic acids is 1. The predicted octanol–water partition coefficient (Wildman–Crippen LogP) is 3.12. The molecule has 0 bridgehead atoms. The molecule has 2 aromatic heterocycles. The van der Waals surface area contributed by atoms with E-state index in [1.165, 1.54) is 0 Å². The van der Waals surface area contributed by atoms with Crippen molar-refractivity contribution in [2.75, 3.05) is 0 Å². The third-order valence-electron chi connectivity index (χ3n) is 3.74. The fraction of sp³-hybridized carbons (Fsp3) is 0.167. The Kier molecular flexibility index (Phi) is 3.93. The van der Waals surface area contributed by atoms with Gasteiger partial charge < -0.3 is 0 Å². The molecule has 0 saturated carbocycles. The van der Waals surface area contributed by atoms with Crippen LogP contribution in [0.1, 0.15) is 27.3 Å². The minimum atomic E-state index is -0.0654. The van der Waals surface area contributed by atoms with E-state index in [4.69, 9.17) is 0 Å². The number of para-hydroxylation sites is 1. The number of benzene rings is 1. The van der Waals surface area contributed by atoms with Gasteiger partial charge >= 0.3 is 0 Å². The molecular formula is C18H18N4O. The summed E-state index contributed by atoms with van der Waals surface area (Å²) in [7, 11) is 1.79. The zero-order valence-corrected chi connectivity index (χ0v) is 13.4. The maximum atomic E-state index is 12.2. The molecule has 0 atom stereocenters. The Bertz CT molecular complexity index is 872. The summed E-state index contributed by atoms with van der Waals surface area (Å²) >= 11 is 0. The minimum Gasteiger partial charge on any atom is -0.289 e. The number of carbonyl (C=O) groups is 1. The Morgan fingerprint density at radius 1 is 1.17 bits per heavy atom. The summed E-state index contributed by atoms with van der Waals surface area (Å²) < 4.78 is 3.51. The highest BCUT2D eigenvalue weighted by Gasteiger charge is 2.11. The zero-order chi connectivity index (χ0) is 16.4. The summed E-state index contributed by atoms with van der Waals surface area (Å²) in [6, 6.07) is 9.95. The van der Waals surface area contributed by atoms with Crippen molar-refractivity contribution in [1.82, 2.24) is 19.6 Å². The van der Waals surface area contributed by atoms with Crippen LogP contribution in [0.25, 0.3) is 11.8 Å². The number of nitrogens with zero attached hydrogens (tertiary/aromatic N) is 4. The van der Waals surface area contributed by atoms with Crippen molar-refractivity contribution in [2.45, 2.75) is 13.8 Å². The van der Waals surface area contributed by atoms with Crippen LogP contribution in [0.15, 0.2) is 48.8 Å². The van der Waals surface area contributed by atoms with Gasteiger partial charge in [-0.25, -0.2) is 4.68 Å². The number of hydrogen-bond donors (Lipinski definition) is 0. The highest BCUT2D eigenvalue weighted by atomic mass is 16.1. The van der Waals surface area contributed by atoms with Gasteiger partial charge in [0, 0.05) is 24.5 Å². The van der Waals surface area contributed by atoms with Gasteiger partial charge in [0.2, 0.25) is 0 Å². The van der Waals surface area contributed by atoms with Gasteiger partial charge in [-0.2, -0.15) is 10.2 Å². The SMILES string of the molecule is Cc1nn(-c2ccccc2)c(C)c1/C=C/C(=O)c1cnn(C)c1. The number of aromatic nitrogens is 4. The molecule has 0 aliphatic carbocycles. The van der Waals surface area contributed by atoms with Crippen molar-refractivity contribution in [1.29, 1.82) is 0 Å². The van der Waals surface area contributed by atoms with E-state index in [9.17, 15) is 4.79 Å². The van der Waals surface area contributed by atoms with E-state index in [1.54, 1.807) is 30.2 Å². The first-order valence-corrected chi connectivity index (χ1v) is 7.39. The normalized spacial score (nSPS) is 11.3. The smallest absolute Gasteiger partial charge is 0.189 e. The third kappa shape index (κ3) is 2.99. The second kappa shape index (κ2) is 6.04. The number of allylic oxidation sites excluding steroid dienone is 1. The molecule has 0 aliphatic rings. The summed E-state index contributed by atoms with van der Waals surface area (Å²) in [6.45, 7) is 3.95. The average molecular weight is 306 g/mol. The summed E-state index contributed by atoms with van der Waals surface area (Å²) in [5.74, 6) is -0.0654. The first-order valence-electron chi connectivity index (χ1n) is 7.39. The van der Waals surface area contributed by atoms with Crippen LogP contribution in [-0.4, -0.2) is 25.3 Å². The molecule has 5 nitrogen and oxygen atoms in total. The first-order chi connectivity index (χ1) is 11.1. The van der Waals surface area contributed by atoms with Crippen LogP contribution >= 0.6 is 0 Å². The topological polar surface area (TPSA) is 52.7 Å². The lowest BCUT2D eigenvalue weighted by Gasteiger charge is -2.03. The first kappa shape index (κ1) is 15.0. The van der Waals surface area contributed by atoms with Gasteiger partial charge in [0.05, 0.1) is 23.1 Å². The van der Waals surface area contributed by atoms with Crippen molar-refractivity contribution >= 4 is 11.9 Å². The van der Waals surface area contributed by atoms with Crippen LogP contribution in [0.2, 0.25) is 0 Å². The van der Waals surface area contributed by atoms with Gasteiger partial charge in [-0.3, -0.25) is 9.48 Å². The van der Waals surface area contributed by atoms with Crippen LogP contribution in [0, 0.1) is 13.8 Å². The lowest BCUT2D eigenvalue weighted by molar-refractivity contribution is 0.104. The molecule has 116 valence electrons. The molecule has 0 amide bonds. The molecule has 3 rings (SSSR count). The molecule has 0 aliphatic heterocycles. The molecule has 0 N–H and O–H groups in total. The Balaban J connectivity index is 1.90. The summed E-state index contributed by atoms with van der Waals surface area (Å²) in [6.07, 6.45) is 6.68. The summed E-state index contributed by atoms with van der Waals surface area (Å²) in [5, 5.41) is 8.59. The van der Waals surface area contributed by atoms with Gasteiger partial charge in [-0.15, -0.1) is 0 Å². The van der Waals surface area contributed by atoms with Crippen LogP contribution < -0.4 is 0 Å². The van der Waals surface area contributed by atoms with E-state index >= 15 is 0 Å². The standard InChI is InChI=1S/C18H18N4O/c1-13-17(9-10-18(23)15-11-19-21(3)12-15)14(2)22(20-13)16-7-5-4-6-8-16/h4-12H,1-3H3/b10-9+. The molecular weight excluding hydrogens is 288 g/mol. The van der Waals surface area contributed by atoms with Gasteiger partial charge in [-0.05, 0) is 38.1 Å². The Hall–Kier alpha value is -2.95. The van der Waals surface area contributed by atoms with E-state index in [-0.39, 0.29) is 5.78 Å². The van der Waals surface area contributed by atoms with Crippen LogP contribution in [0.3, 0.4) is 0 Å². The number of ketones is 1. The minimum absolute atomic E-state index is 0.0654. The van der Waals surface area contributed by atoms with Crippen molar-refractivity contribution in [3.05, 3.63) is 71.3 Å². The maximum absolute atomic E-state index is 12.2. The number of hydrogen-bond acceptors (Lipinski definition) is 3. The molecule has 0 saturated heterocycles. The van der Waals surface area contributed by atoms with Gasteiger partial charge in [0.1, 0.15) is 0 Å². The largest absolute Gasteiger partial charge is 0.289 e. The molecule has 5 heteroatoms. The van der Waals surface area contributed by atoms with E-state index in [0.717, 1.165) is 22.6 Å². The van der Waals surface area contributed by atoms with E-state index < -0.39 is 0 Å². The quantitative estimate of drug-likeness (QED) is 0.550. The van der Waals surface area contributed by atoms with Crippen LogP contribution in [-0.2, 0) is 7.05 Å². The Morgan fingerprint density at radius 3 is 2.57 bits per heavy atom. The van der Waals surface area contributed by atoms with E-state index in [0.29, 0.717) is 5.56 Å². The fourth-order valence-electron chi connectivity index (χ4n) is 2.52. The number of aryl methyl sites for hydroxylation is 2. The van der Waals surface area contributed by atoms with Gasteiger partial charge in [0.15, 0.2) is 5.78 Å². The summed E-state index contributed by atoms with van der Waals surface area (Å²) in [5.41, 5.74) is 4.44. The van der Waals surface area contributed by atoms with E-state index in [1.807, 2.05) is 54.9 Å². The Labute approximate surface area is 134 Å². The van der Waals surface area contributed by atoms with Crippen LogP contribution in [0.5, 0.6) is 0 Å². The second-order valence-corrected chi connectivity index (χ2v) is 5.43. The van der Waals surface area contributed by atoms with Crippen molar-refractivity contribution in [2.24, 2.45) is 7.05 Å². The lowest BCUT2D eigenvalue weighted by Crippen LogP contribution is -1.98. The third-order valence-corrected chi connectivity index (χ3v) is 3.74. The van der Waals surface area contributed by atoms with Crippen LogP contribution in [0.4, 0.5) is 0 Å². The fourth-order valence-corrected chi connectivity index (χ4v) is 2.52. The monoisotopic (exact) mass is 306 g/mol. The molecule has 2 heterocycles. The van der Waals surface area contributed by atoms with E-state index in [2.05, 4.69) is 10.2 Å². The molecule has 0 fully saturated rings. The summed E-state index contributed by atoms with van der Waals surface area (Å²) in [4.78, 5) is 12.2. The van der Waals surface area contributed by atoms with Crippen molar-refractivity contribution in [3.63, 3.8) is 0 Å². The molecule has 0 unspecified atom stereocenters. The lowest BCUT2D eigenvalue weighted by atomic mass is 10.1. The average Bonchev–Trinajstić information content (AvgIpc) is 3.10. The van der Waals surface area contributed by atoms with Crippen molar-refractivity contribution in [3.8, 4) is 5.69 Å². The highest BCUT2D eigenvalue weighted by molar-refractivity contribution is 6.06. The highest BCUT2D eigenvalue weighted by Crippen LogP contribution is 2.19. The van der Waals surface area contributed by atoms with Gasteiger partial charge in [-0.1, -0.05) is 18.2 Å². The molecule has 0 spiro atoms. The second-order valence-electron chi connectivity index (χ2n) is 5.43. The molecule has 23 heavy (non-hydrogen) atoms.